The summed E-state index contributed by atoms with van der Waals surface area (Å²) in [6.45, 7) is 0.473. The molecule has 0 unspecified atom stereocenters. The van der Waals surface area contributed by atoms with E-state index in [9.17, 15) is 15.2 Å². The summed E-state index contributed by atoms with van der Waals surface area (Å²) < 4.78 is 1.21. The van der Waals surface area contributed by atoms with Gasteiger partial charge in [-0.3, -0.25) is 4.79 Å². The third kappa shape index (κ3) is 5.73. The molecule has 0 aromatic heterocycles. The SMILES string of the molecule is N#C/C(=C/c1cc(Br)cc(Br)c1O)C(=O)NCCCc1ccccc1. The fraction of sp³-hybridized carbons (Fsp3) is 0.158. The first kappa shape index (κ1) is 19.2. The molecule has 0 radical (unpaired) electrons. The zero-order chi connectivity index (χ0) is 18.2. The summed E-state index contributed by atoms with van der Waals surface area (Å²) in [4.78, 5) is 12.2. The first-order chi connectivity index (χ1) is 12.0. The minimum Gasteiger partial charge on any atom is -0.506 e. The molecule has 25 heavy (non-hydrogen) atoms. The van der Waals surface area contributed by atoms with E-state index in [1.54, 1.807) is 12.1 Å². The lowest BCUT2D eigenvalue weighted by Gasteiger charge is -2.06. The van der Waals surface area contributed by atoms with Gasteiger partial charge in [0.1, 0.15) is 17.4 Å². The fourth-order valence-corrected chi connectivity index (χ4v) is 3.49. The van der Waals surface area contributed by atoms with Crippen molar-refractivity contribution in [3.05, 3.63) is 68.1 Å². The monoisotopic (exact) mass is 462 g/mol. The Balaban J connectivity index is 1.98. The highest BCUT2D eigenvalue weighted by Gasteiger charge is 2.12. The first-order valence-corrected chi connectivity index (χ1v) is 9.22. The molecule has 6 heteroatoms. The molecule has 0 heterocycles. The van der Waals surface area contributed by atoms with Gasteiger partial charge >= 0.3 is 0 Å². The smallest absolute Gasteiger partial charge is 0.261 e. The number of phenols is 1. The van der Waals surface area contributed by atoms with E-state index >= 15 is 0 Å². The molecular weight excluding hydrogens is 448 g/mol. The van der Waals surface area contributed by atoms with Crippen LogP contribution in [-0.4, -0.2) is 17.6 Å². The van der Waals surface area contributed by atoms with Crippen molar-refractivity contribution < 1.29 is 9.90 Å². The highest BCUT2D eigenvalue weighted by atomic mass is 79.9. The Labute approximate surface area is 163 Å². The average Bonchev–Trinajstić information content (AvgIpc) is 2.61. The molecule has 128 valence electrons. The van der Waals surface area contributed by atoms with Gasteiger partial charge in [0.05, 0.1) is 4.47 Å². The second-order valence-corrected chi connectivity index (χ2v) is 7.11. The number of nitrogens with zero attached hydrogens (tertiary/aromatic N) is 1. The number of hydrogen-bond donors (Lipinski definition) is 2. The summed E-state index contributed by atoms with van der Waals surface area (Å²) in [5.74, 6) is -0.473. The average molecular weight is 464 g/mol. The number of nitrogens with one attached hydrogen (secondary N) is 1. The van der Waals surface area contributed by atoms with Crippen LogP contribution >= 0.6 is 31.9 Å². The van der Waals surface area contributed by atoms with E-state index in [1.807, 2.05) is 36.4 Å². The minimum atomic E-state index is -0.453. The number of aromatic hydroxyl groups is 1. The highest BCUT2D eigenvalue weighted by Crippen LogP contribution is 2.33. The number of aryl methyl sites for hydroxylation is 1. The van der Waals surface area contributed by atoms with Crippen LogP contribution in [0.2, 0.25) is 0 Å². The highest BCUT2D eigenvalue weighted by molar-refractivity contribution is 9.11. The molecule has 4 nitrogen and oxygen atoms in total. The van der Waals surface area contributed by atoms with Crippen LogP contribution < -0.4 is 5.32 Å². The Morgan fingerprint density at radius 1 is 1.24 bits per heavy atom. The van der Waals surface area contributed by atoms with Crippen molar-refractivity contribution in [3.63, 3.8) is 0 Å². The van der Waals surface area contributed by atoms with Gasteiger partial charge in [-0.15, -0.1) is 0 Å². The van der Waals surface area contributed by atoms with Gasteiger partial charge in [0.25, 0.3) is 5.91 Å². The van der Waals surface area contributed by atoms with Gasteiger partial charge in [-0.05, 0) is 52.5 Å². The second-order valence-electron chi connectivity index (χ2n) is 5.34. The Bertz CT molecular complexity index is 827. The van der Waals surface area contributed by atoms with Crippen LogP contribution in [0.25, 0.3) is 6.08 Å². The van der Waals surface area contributed by atoms with Crippen molar-refractivity contribution in [1.82, 2.24) is 5.32 Å². The van der Waals surface area contributed by atoms with Gasteiger partial charge in [-0.25, -0.2) is 0 Å². The van der Waals surface area contributed by atoms with E-state index in [0.29, 0.717) is 16.6 Å². The number of amides is 1. The normalized spacial score (nSPS) is 11.0. The maximum atomic E-state index is 12.2. The maximum absolute atomic E-state index is 12.2. The molecule has 0 atom stereocenters. The molecule has 0 saturated carbocycles. The Morgan fingerprint density at radius 2 is 1.96 bits per heavy atom. The molecular formula is C19H16Br2N2O2. The standard InChI is InChI=1S/C19H16Br2N2O2/c20-16-10-14(18(24)17(21)11-16)9-15(12-22)19(25)23-8-4-7-13-5-2-1-3-6-13/h1-3,5-6,9-11,24H,4,7-8H2,(H,23,25)/b15-9-. The van der Waals surface area contributed by atoms with Crippen LogP contribution in [0.15, 0.2) is 57.0 Å². The predicted octanol–water partition coefficient (Wildman–Crippen LogP) is 4.57. The van der Waals surface area contributed by atoms with Crippen molar-refractivity contribution in [2.75, 3.05) is 6.54 Å². The van der Waals surface area contributed by atoms with Gasteiger partial charge in [0.15, 0.2) is 0 Å². The van der Waals surface area contributed by atoms with E-state index < -0.39 is 5.91 Å². The van der Waals surface area contributed by atoms with E-state index in [2.05, 4.69) is 37.2 Å². The number of rotatable bonds is 6. The quantitative estimate of drug-likeness (QED) is 0.374. The molecule has 0 aliphatic heterocycles. The Morgan fingerprint density at radius 3 is 2.64 bits per heavy atom. The molecule has 2 aromatic rings. The lowest BCUT2D eigenvalue weighted by Crippen LogP contribution is -2.25. The van der Waals surface area contributed by atoms with Gasteiger partial charge in [0, 0.05) is 16.6 Å². The Hall–Kier alpha value is -2.10. The molecule has 2 N–H and O–H groups in total. The van der Waals surface area contributed by atoms with E-state index in [-0.39, 0.29) is 11.3 Å². The molecule has 0 spiro atoms. The third-order valence-electron chi connectivity index (χ3n) is 3.49. The fourth-order valence-electron chi connectivity index (χ4n) is 2.23. The molecule has 2 aromatic carbocycles. The zero-order valence-corrected chi connectivity index (χ0v) is 16.5. The predicted molar refractivity (Wildman–Crippen MR) is 105 cm³/mol. The zero-order valence-electron chi connectivity index (χ0n) is 13.3. The van der Waals surface area contributed by atoms with Crippen molar-refractivity contribution >= 4 is 43.8 Å². The molecule has 2 rings (SSSR count). The number of halogens is 2. The van der Waals surface area contributed by atoms with Gasteiger partial charge < -0.3 is 10.4 Å². The molecule has 0 bridgehead atoms. The van der Waals surface area contributed by atoms with Crippen molar-refractivity contribution in [1.29, 1.82) is 5.26 Å². The summed E-state index contributed by atoms with van der Waals surface area (Å²) in [7, 11) is 0. The van der Waals surface area contributed by atoms with Crippen LogP contribution in [-0.2, 0) is 11.2 Å². The van der Waals surface area contributed by atoms with Gasteiger partial charge in [-0.2, -0.15) is 5.26 Å². The molecule has 0 aliphatic rings. The van der Waals surface area contributed by atoms with Crippen molar-refractivity contribution in [3.8, 4) is 11.8 Å². The third-order valence-corrected chi connectivity index (χ3v) is 4.56. The number of hydrogen-bond acceptors (Lipinski definition) is 3. The van der Waals surface area contributed by atoms with Crippen LogP contribution in [0.4, 0.5) is 0 Å². The van der Waals surface area contributed by atoms with E-state index in [4.69, 9.17) is 0 Å². The van der Waals surface area contributed by atoms with E-state index in [1.165, 1.54) is 11.6 Å². The maximum Gasteiger partial charge on any atom is 0.261 e. The lowest BCUT2D eigenvalue weighted by atomic mass is 10.1. The Kier molecular flexibility index (Phi) is 7.23. The number of carbonyl (C=O) groups is 1. The van der Waals surface area contributed by atoms with Crippen LogP contribution in [0.3, 0.4) is 0 Å². The van der Waals surface area contributed by atoms with Gasteiger partial charge in [-0.1, -0.05) is 46.3 Å². The van der Waals surface area contributed by atoms with Gasteiger partial charge in [0.2, 0.25) is 0 Å². The van der Waals surface area contributed by atoms with Crippen molar-refractivity contribution in [2.45, 2.75) is 12.8 Å². The summed E-state index contributed by atoms with van der Waals surface area (Å²) >= 11 is 6.54. The second kappa shape index (κ2) is 9.40. The number of phenolic OH excluding ortho intramolecular Hbond substituents is 1. The summed E-state index contributed by atoms with van der Waals surface area (Å²) in [6.07, 6.45) is 3.01. The summed E-state index contributed by atoms with van der Waals surface area (Å²) in [5.41, 5.74) is 1.54. The minimum absolute atomic E-state index is 0.0205. The van der Waals surface area contributed by atoms with Crippen LogP contribution in [0.1, 0.15) is 17.5 Å². The van der Waals surface area contributed by atoms with Crippen LogP contribution in [0.5, 0.6) is 5.75 Å². The largest absolute Gasteiger partial charge is 0.506 e. The van der Waals surface area contributed by atoms with Crippen LogP contribution in [0, 0.1) is 11.3 Å². The molecule has 0 saturated heterocycles. The molecule has 1 amide bonds. The van der Waals surface area contributed by atoms with E-state index in [0.717, 1.165) is 17.3 Å². The number of carbonyl (C=O) groups excluding carboxylic acids is 1. The first-order valence-electron chi connectivity index (χ1n) is 7.63. The molecule has 0 fully saturated rings. The lowest BCUT2D eigenvalue weighted by molar-refractivity contribution is -0.117. The number of nitriles is 1. The number of benzene rings is 2. The summed E-state index contributed by atoms with van der Waals surface area (Å²) in [6, 6.07) is 15.2. The van der Waals surface area contributed by atoms with Crippen molar-refractivity contribution in [2.24, 2.45) is 0 Å². The summed E-state index contributed by atoms with van der Waals surface area (Å²) in [5, 5.41) is 22.0. The topological polar surface area (TPSA) is 73.1 Å². The molecule has 0 aliphatic carbocycles.